The van der Waals surface area contributed by atoms with Crippen molar-refractivity contribution in [2.45, 2.75) is 0 Å². The van der Waals surface area contributed by atoms with E-state index in [1.54, 1.807) is 13.2 Å². The maximum atomic E-state index is 11.2. The molecule has 78 valence electrons. The van der Waals surface area contributed by atoms with E-state index in [0.29, 0.717) is 5.70 Å². The Morgan fingerprint density at radius 1 is 1.27 bits per heavy atom. The van der Waals surface area contributed by atoms with Crippen LogP contribution in [-0.2, 0) is 4.79 Å². The third-order valence-electron chi connectivity index (χ3n) is 1.98. The quantitative estimate of drug-likeness (QED) is 0.585. The molecule has 1 saturated heterocycles. The maximum Gasteiger partial charge on any atom is 0.279 e. The van der Waals surface area contributed by atoms with Gasteiger partial charge in [-0.25, -0.2) is 0 Å². The molecule has 0 atom stereocenters. The molecule has 5 heteroatoms. The first-order valence-corrected chi connectivity index (χ1v) is 5.19. The molecule has 0 aromatic heterocycles. The third kappa shape index (κ3) is 2.24. The van der Waals surface area contributed by atoms with Crippen LogP contribution in [0.5, 0.6) is 5.75 Å². The maximum absolute atomic E-state index is 11.2. The summed E-state index contributed by atoms with van der Waals surface area (Å²) in [6, 6.07) is 7.49. The second-order valence-corrected chi connectivity index (χ2v) is 3.58. The smallest absolute Gasteiger partial charge is 0.279 e. The van der Waals surface area contributed by atoms with Gasteiger partial charge in [-0.15, -0.1) is 0 Å². The van der Waals surface area contributed by atoms with Gasteiger partial charge in [-0.1, -0.05) is 12.1 Å². The van der Waals surface area contributed by atoms with Crippen molar-refractivity contribution in [2.24, 2.45) is 0 Å². The van der Waals surface area contributed by atoms with Crippen molar-refractivity contribution in [3.63, 3.8) is 0 Å². The Labute approximate surface area is 92.0 Å². The molecule has 1 aliphatic heterocycles. The topological polar surface area (TPSA) is 50.4 Å². The number of ether oxygens (including phenoxy) is 1. The summed E-state index contributed by atoms with van der Waals surface area (Å²) in [6.07, 6.45) is 1.79. The molecule has 4 nitrogen and oxygen atoms in total. The van der Waals surface area contributed by atoms with Crippen molar-refractivity contribution < 1.29 is 9.53 Å². The summed E-state index contributed by atoms with van der Waals surface area (Å²) >= 11 is 1.17. The van der Waals surface area contributed by atoms with Gasteiger partial charge in [0.1, 0.15) is 11.4 Å². The van der Waals surface area contributed by atoms with Crippen LogP contribution < -0.4 is 14.2 Å². The van der Waals surface area contributed by atoms with E-state index in [-0.39, 0.29) is 5.91 Å². The fraction of sp³-hybridized carbons (Fsp3) is 0.100. The van der Waals surface area contributed by atoms with E-state index in [1.165, 1.54) is 12.1 Å². The lowest BCUT2D eigenvalue weighted by Crippen LogP contribution is -2.09. The van der Waals surface area contributed by atoms with Crippen LogP contribution in [-0.4, -0.2) is 13.0 Å². The molecule has 15 heavy (non-hydrogen) atoms. The average molecular weight is 222 g/mol. The van der Waals surface area contributed by atoms with Gasteiger partial charge in [0.25, 0.3) is 5.91 Å². The molecule has 1 amide bonds. The van der Waals surface area contributed by atoms with Crippen LogP contribution in [0.1, 0.15) is 5.56 Å². The van der Waals surface area contributed by atoms with Gasteiger partial charge < -0.3 is 9.46 Å². The highest BCUT2D eigenvalue weighted by atomic mass is 32.2. The first-order chi connectivity index (χ1) is 7.29. The molecule has 0 aliphatic carbocycles. The standard InChI is InChI=1S/C10H10N2O2S/c1-14-8-4-2-7(3-5-8)6-9-10(13)12-15-11-9/h2-6,11H,1H3,(H,12,13)/b9-6-. The summed E-state index contributed by atoms with van der Waals surface area (Å²) in [6.45, 7) is 0. The summed E-state index contributed by atoms with van der Waals surface area (Å²) in [5.74, 6) is 0.700. The predicted octanol–water partition coefficient (Wildman–Crippen LogP) is 1.32. The minimum Gasteiger partial charge on any atom is -0.497 e. The van der Waals surface area contributed by atoms with E-state index < -0.39 is 0 Å². The fourth-order valence-corrected chi connectivity index (χ4v) is 1.71. The third-order valence-corrected chi connectivity index (χ3v) is 2.59. The summed E-state index contributed by atoms with van der Waals surface area (Å²) in [4.78, 5) is 11.2. The van der Waals surface area contributed by atoms with E-state index in [0.717, 1.165) is 11.3 Å². The summed E-state index contributed by atoms with van der Waals surface area (Å²) in [5.41, 5.74) is 1.51. The van der Waals surface area contributed by atoms with Crippen molar-refractivity contribution in [1.82, 2.24) is 9.44 Å². The van der Waals surface area contributed by atoms with Gasteiger partial charge in [0.05, 0.1) is 19.2 Å². The highest BCUT2D eigenvalue weighted by molar-refractivity contribution is 7.96. The Balaban J connectivity index is 2.20. The largest absolute Gasteiger partial charge is 0.497 e. The lowest BCUT2D eigenvalue weighted by molar-refractivity contribution is -0.115. The number of amides is 1. The van der Waals surface area contributed by atoms with E-state index in [9.17, 15) is 4.79 Å². The molecule has 1 aromatic rings. The number of hydrogen-bond acceptors (Lipinski definition) is 4. The number of nitrogens with one attached hydrogen (secondary N) is 2. The number of benzene rings is 1. The Hall–Kier alpha value is -1.62. The molecule has 0 bridgehead atoms. The van der Waals surface area contributed by atoms with Gasteiger partial charge >= 0.3 is 0 Å². The Kier molecular flexibility index (Phi) is 2.82. The second-order valence-electron chi connectivity index (χ2n) is 2.97. The Bertz CT molecular complexity index is 400. The van der Waals surface area contributed by atoms with Crippen molar-refractivity contribution >= 4 is 24.1 Å². The zero-order valence-corrected chi connectivity index (χ0v) is 8.93. The van der Waals surface area contributed by atoms with Crippen LogP contribution in [0, 0.1) is 0 Å². The number of rotatable bonds is 2. The predicted molar refractivity (Wildman–Crippen MR) is 59.8 cm³/mol. The van der Waals surface area contributed by atoms with Crippen molar-refractivity contribution in [2.75, 3.05) is 7.11 Å². The number of carbonyl (C=O) groups excluding carboxylic acids is 1. The SMILES string of the molecule is COc1ccc(/C=C2\NSNC2=O)cc1. The zero-order valence-electron chi connectivity index (χ0n) is 8.11. The van der Waals surface area contributed by atoms with Crippen LogP contribution in [0.2, 0.25) is 0 Å². The molecular formula is C10H10N2O2S. The van der Waals surface area contributed by atoms with Crippen LogP contribution in [0.3, 0.4) is 0 Å². The van der Waals surface area contributed by atoms with E-state index in [4.69, 9.17) is 4.74 Å². The molecule has 0 unspecified atom stereocenters. The second kappa shape index (κ2) is 4.27. The van der Waals surface area contributed by atoms with Gasteiger partial charge in [-0.3, -0.25) is 9.52 Å². The van der Waals surface area contributed by atoms with Gasteiger partial charge in [0.2, 0.25) is 0 Å². The molecular weight excluding hydrogens is 212 g/mol. The van der Waals surface area contributed by atoms with Crippen LogP contribution >= 0.6 is 12.1 Å². The molecule has 1 aliphatic rings. The molecule has 1 heterocycles. The van der Waals surface area contributed by atoms with Crippen molar-refractivity contribution in [3.05, 3.63) is 35.5 Å². The summed E-state index contributed by atoms with van der Waals surface area (Å²) in [5, 5.41) is 0. The molecule has 1 aromatic carbocycles. The first-order valence-electron chi connectivity index (χ1n) is 4.37. The Morgan fingerprint density at radius 2 is 2.00 bits per heavy atom. The normalized spacial score (nSPS) is 17.4. The molecule has 0 radical (unpaired) electrons. The molecule has 1 fully saturated rings. The molecule has 2 N–H and O–H groups in total. The van der Waals surface area contributed by atoms with Gasteiger partial charge in [-0.05, 0) is 23.8 Å². The lowest BCUT2D eigenvalue weighted by atomic mass is 10.2. The van der Waals surface area contributed by atoms with E-state index >= 15 is 0 Å². The highest BCUT2D eigenvalue weighted by Gasteiger charge is 2.15. The fourth-order valence-electron chi connectivity index (χ4n) is 1.19. The number of hydrogen-bond donors (Lipinski definition) is 2. The van der Waals surface area contributed by atoms with Crippen molar-refractivity contribution in [3.8, 4) is 5.75 Å². The monoisotopic (exact) mass is 222 g/mol. The van der Waals surface area contributed by atoms with Gasteiger partial charge in [0.15, 0.2) is 0 Å². The first kappa shape index (κ1) is 9.92. The van der Waals surface area contributed by atoms with Crippen LogP contribution in [0.25, 0.3) is 6.08 Å². The average Bonchev–Trinajstić information content (AvgIpc) is 2.66. The Morgan fingerprint density at radius 3 is 2.53 bits per heavy atom. The summed E-state index contributed by atoms with van der Waals surface area (Å²) < 4.78 is 10.5. The summed E-state index contributed by atoms with van der Waals surface area (Å²) in [7, 11) is 1.62. The van der Waals surface area contributed by atoms with Crippen molar-refractivity contribution in [1.29, 1.82) is 0 Å². The lowest BCUT2D eigenvalue weighted by Gasteiger charge is -1.99. The zero-order chi connectivity index (χ0) is 10.7. The van der Waals surface area contributed by atoms with Crippen LogP contribution in [0.15, 0.2) is 30.0 Å². The van der Waals surface area contributed by atoms with E-state index in [2.05, 4.69) is 9.44 Å². The molecule has 2 rings (SSSR count). The highest BCUT2D eigenvalue weighted by Crippen LogP contribution is 2.15. The molecule has 0 spiro atoms. The minimum absolute atomic E-state index is 0.101. The molecule has 0 saturated carbocycles. The van der Waals surface area contributed by atoms with E-state index in [1.807, 2.05) is 24.3 Å². The number of carbonyl (C=O) groups is 1. The van der Waals surface area contributed by atoms with Crippen LogP contribution in [0.4, 0.5) is 0 Å². The number of methoxy groups -OCH3 is 1. The minimum atomic E-state index is -0.101. The van der Waals surface area contributed by atoms with Gasteiger partial charge in [-0.2, -0.15) is 0 Å². The van der Waals surface area contributed by atoms with Gasteiger partial charge in [0, 0.05) is 0 Å².